The van der Waals surface area contributed by atoms with Crippen molar-refractivity contribution >= 4 is 35.3 Å². The topological polar surface area (TPSA) is 43.6 Å². The monoisotopic (exact) mass is 370 g/mol. The molecule has 0 bridgehead atoms. The molecule has 0 N–H and O–H groups in total. The minimum atomic E-state index is 0.757. The Morgan fingerprint density at radius 2 is 2.08 bits per heavy atom. The first-order valence-corrected chi connectivity index (χ1v) is 10.7. The molecule has 0 amide bonds. The Balaban J connectivity index is 2.25. The third-order valence-electron chi connectivity index (χ3n) is 4.12. The zero-order chi connectivity index (χ0) is 17.8. The molecule has 4 nitrogen and oxygen atoms in total. The molecule has 2 heterocycles. The molecule has 0 saturated carbocycles. The van der Waals surface area contributed by atoms with Crippen molar-refractivity contribution in [2.45, 2.75) is 36.5 Å². The number of hydrogen-bond acceptors (Lipinski definition) is 5. The van der Waals surface area contributed by atoms with Crippen LogP contribution in [-0.4, -0.2) is 32.0 Å². The second-order valence-electron chi connectivity index (χ2n) is 5.82. The van der Waals surface area contributed by atoms with Gasteiger partial charge in [0.05, 0.1) is 17.1 Å². The largest absolute Gasteiger partial charge is 0.293 e. The van der Waals surface area contributed by atoms with Crippen molar-refractivity contribution in [3.05, 3.63) is 42.3 Å². The second-order valence-corrected chi connectivity index (χ2v) is 7.37. The molecule has 25 heavy (non-hydrogen) atoms. The van der Waals surface area contributed by atoms with Gasteiger partial charge in [-0.15, -0.1) is 0 Å². The smallest absolute Gasteiger partial charge is 0.187 e. The van der Waals surface area contributed by atoms with Crippen molar-refractivity contribution in [3.63, 3.8) is 0 Å². The molecule has 2 aromatic rings. The molecule has 2 aromatic heterocycles. The van der Waals surface area contributed by atoms with Gasteiger partial charge in [-0.1, -0.05) is 47.8 Å². The normalized spacial score (nSPS) is 14.7. The van der Waals surface area contributed by atoms with E-state index < -0.39 is 0 Å². The summed E-state index contributed by atoms with van der Waals surface area (Å²) in [6.07, 6.45) is 15.6. The van der Waals surface area contributed by atoms with Crippen LogP contribution in [0.1, 0.15) is 31.9 Å². The molecular formula is C19H22N4S2. The summed E-state index contributed by atoms with van der Waals surface area (Å²) in [5.74, 6) is 0. The SMILES string of the molecule is C=Cn1c(SC)nc(C2=CCCCC(C)=C2)c1-c1ccnc(SC)n1. The van der Waals surface area contributed by atoms with E-state index in [9.17, 15) is 0 Å². The van der Waals surface area contributed by atoms with Crippen LogP contribution in [0.15, 0.2) is 46.9 Å². The molecule has 0 aliphatic heterocycles. The van der Waals surface area contributed by atoms with E-state index in [0.29, 0.717) is 0 Å². The van der Waals surface area contributed by atoms with Gasteiger partial charge in [0, 0.05) is 12.4 Å². The fraction of sp³-hybridized carbons (Fsp3) is 0.316. The molecule has 1 aliphatic rings. The number of rotatable bonds is 5. The summed E-state index contributed by atoms with van der Waals surface area (Å²) in [5.41, 5.74) is 5.38. The lowest BCUT2D eigenvalue weighted by Crippen LogP contribution is -1.97. The van der Waals surface area contributed by atoms with Gasteiger partial charge in [-0.3, -0.25) is 4.57 Å². The Bertz CT molecular complexity index is 849. The lowest BCUT2D eigenvalue weighted by Gasteiger charge is -2.08. The van der Waals surface area contributed by atoms with Crippen molar-refractivity contribution in [2.75, 3.05) is 12.5 Å². The highest BCUT2D eigenvalue weighted by molar-refractivity contribution is 7.98. The summed E-state index contributed by atoms with van der Waals surface area (Å²) in [6, 6.07) is 1.94. The van der Waals surface area contributed by atoms with Crippen LogP contribution in [0.25, 0.3) is 23.2 Å². The molecule has 1 aliphatic carbocycles. The lowest BCUT2D eigenvalue weighted by atomic mass is 10.1. The molecule has 0 spiro atoms. The third kappa shape index (κ3) is 3.75. The minimum absolute atomic E-state index is 0.757. The van der Waals surface area contributed by atoms with Crippen LogP contribution < -0.4 is 0 Å². The van der Waals surface area contributed by atoms with E-state index in [1.165, 1.54) is 29.3 Å². The van der Waals surface area contributed by atoms with Gasteiger partial charge >= 0.3 is 0 Å². The summed E-state index contributed by atoms with van der Waals surface area (Å²) in [7, 11) is 0. The third-order valence-corrected chi connectivity index (χ3v) is 5.33. The Labute approximate surface area is 157 Å². The van der Waals surface area contributed by atoms with Crippen LogP contribution in [0.5, 0.6) is 0 Å². The van der Waals surface area contributed by atoms with E-state index in [-0.39, 0.29) is 0 Å². The Kier molecular flexibility index (Phi) is 5.81. The average molecular weight is 371 g/mol. The molecule has 0 radical (unpaired) electrons. The Morgan fingerprint density at radius 1 is 1.24 bits per heavy atom. The van der Waals surface area contributed by atoms with Crippen LogP contribution in [0, 0.1) is 0 Å². The van der Waals surface area contributed by atoms with Crippen LogP contribution in [0.4, 0.5) is 0 Å². The minimum Gasteiger partial charge on any atom is -0.293 e. The summed E-state index contributed by atoms with van der Waals surface area (Å²) >= 11 is 3.15. The van der Waals surface area contributed by atoms with Gasteiger partial charge in [-0.2, -0.15) is 0 Å². The number of aromatic nitrogens is 4. The van der Waals surface area contributed by atoms with Gasteiger partial charge in [0.25, 0.3) is 0 Å². The summed E-state index contributed by atoms with van der Waals surface area (Å²) in [6.45, 7) is 6.18. The first-order valence-electron chi connectivity index (χ1n) is 8.21. The lowest BCUT2D eigenvalue weighted by molar-refractivity contribution is 0.841. The van der Waals surface area contributed by atoms with Gasteiger partial charge in [0.1, 0.15) is 0 Å². The molecular weight excluding hydrogens is 348 g/mol. The van der Waals surface area contributed by atoms with Crippen molar-refractivity contribution in [1.29, 1.82) is 0 Å². The van der Waals surface area contributed by atoms with Crippen molar-refractivity contribution in [3.8, 4) is 11.4 Å². The summed E-state index contributed by atoms with van der Waals surface area (Å²) in [4.78, 5) is 13.9. The number of nitrogens with zero attached hydrogens (tertiary/aromatic N) is 4. The van der Waals surface area contributed by atoms with Crippen LogP contribution in [0.2, 0.25) is 0 Å². The standard InChI is InChI=1S/C19H22N4S2/c1-5-23-17(15-10-11-20-18(21-15)24-3)16(22-19(23)25-4)14-9-7-6-8-13(2)12-14/h5,9-12H,1,6-8H2,2-4H3. The van der Waals surface area contributed by atoms with E-state index in [1.807, 2.05) is 29.3 Å². The predicted octanol–water partition coefficient (Wildman–Crippen LogP) is 5.40. The van der Waals surface area contributed by atoms with Crippen molar-refractivity contribution in [1.82, 2.24) is 19.5 Å². The van der Waals surface area contributed by atoms with Gasteiger partial charge in [0.15, 0.2) is 10.3 Å². The fourth-order valence-electron chi connectivity index (χ4n) is 2.94. The Hall–Kier alpha value is -1.79. The van der Waals surface area contributed by atoms with Crippen molar-refractivity contribution < 1.29 is 0 Å². The molecule has 0 aromatic carbocycles. The molecule has 0 atom stereocenters. The maximum Gasteiger partial charge on any atom is 0.187 e. The number of thioether (sulfide) groups is 2. The van der Waals surface area contributed by atoms with Gasteiger partial charge in [-0.25, -0.2) is 15.0 Å². The number of allylic oxidation sites excluding steroid dienone is 4. The first kappa shape index (κ1) is 18.0. The maximum absolute atomic E-state index is 4.91. The number of imidazole rings is 1. The zero-order valence-corrected chi connectivity index (χ0v) is 16.5. The predicted molar refractivity (Wildman–Crippen MR) is 109 cm³/mol. The van der Waals surface area contributed by atoms with Crippen LogP contribution in [-0.2, 0) is 0 Å². The Morgan fingerprint density at radius 3 is 2.80 bits per heavy atom. The van der Waals surface area contributed by atoms with E-state index in [0.717, 1.165) is 40.2 Å². The molecule has 3 rings (SSSR count). The van der Waals surface area contributed by atoms with Gasteiger partial charge in [0.2, 0.25) is 0 Å². The fourth-order valence-corrected chi connectivity index (χ4v) is 3.84. The van der Waals surface area contributed by atoms with E-state index in [1.54, 1.807) is 18.0 Å². The molecule has 6 heteroatoms. The second kappa shape index (κ2) is 8.06. The molecule has 0 saturated heterocycles. The maximum atomic E-state index is 4.91. The molecule has 0 unspecified atom stereocenters. The summed E-state index contributed by atoms with van der Waals surface area (Å²) in [5, 5.41) is 1.67. The highest BCUT2D eigenvalue weighted by Crippen LogP contribution is 2.35. The van der Waals surface area contributed by atoms with Gasteiger partial charge in [-0.05, 0) is 50.3 Å². The quantitative estimate of drug-likeness (QED) is 0.521. The zero-order valence-electron chi connectivity index (χ0n) is 14.8. The van der Waals surface area contributed by atoms with E-state index >= 15 is 0 Å². The summed E-state index contributed by atoms with van der Waals surface area (Å²) < 4.78 is 2.03. The molecule has 130 valence electrons. The first-order chi connectivity index (χ1) is 12.2. The van der Waals surface area contributed by atoms with E-state index in [4.69, 9.17) is 9.97 Å². The highest BCUT2D eigenvalue weighted by Gasteiger charge is 2.21. The highest BCUT2D eigenvalue weighted by atomic mass is 32.2. The van der Waals surface area contributed by atoms with Crippen molar-refractivity contribution in [2.24, 2.45) is 0 Å². The van der Waals surface area contributed by atoms with E-state index in [2.05, 4.69) is 30.6 Å². The average Bonchev–Trinajstić information content (AvgIpc) is 2.89. The van der Waals surface area contributed by atoms with Gasteiger partial charge < -0.3 is 0 Å². The van der Waals surface area contributed by atoms with Crippen LogP contribution >= 0.6 is 23.5 Å². The number of hydrogen-bond donors (Lipinski definition) is 0. The van der Waals surface area contributed by atoms with Crippen LogP contribution in [0.3, 0.4) is 0 Å². The molecule has 0 fully saturated rings.